The van der Waals surface area contributed by atoms with E-state index < -0.39 is 10.0 Å². The fraction of sp³-hybridized carbons (Fsp3) is 0.650. The fourth-order valence-electron chi connectivity index (χ4n) is 4.87. The molecule has 3 aliphatic rings. The lowest BCUT2D eigenvalue weighted by atomic mass is 10.1. The molecule has 7 heteroatoms. The van der Waals surface area contributed by atoms with Crippen LogP contribution >= 0.6 is 0 Å². The monoisotopic (exact) mass is 391 g/mol. The molecule has 6 nitrogen and oxygen atoms in total. The van der Waals surface area contributed by atoms with Crippen molar-refractivity contribution in [3.63, 3.8) is 0 Å². The molecule has 148 valence electrons. The number of rotatable bonds is 4. The van der Waals surface area contributed by atoms with E-state index in [2.05, 4.69) is 10.2 Å². The highest BCUT2D eigenvalue weighted by atomic mass is 32.2. The van der Waals surface area contributed by atoms with Gasteiger partial charge >= 0.3 is 0 Å². The average Bonchev–Trinajstić information content (AvgIpc) is 3.30. The van der Waals surface area contributed by atoms with Gasteiger partial charge in [0, 0.05) is 45.2 Å². The van der Waals surface area contributed by atoms with E-state index in [1.165, 1.54) is 32.6 Å². The van der Waals surface area contributed by atoms with Crippen molar-refractivity contribution in [1.29, 1.82) is 0 Å². The van der Waals surface area contributed by atoms with E-state index in [1.807, 2.05) is 12.1 Å². The van der Waals surface area contributed by atoms with Crippen molar-refractivity contribution in [2.24, 2.45) is 0 Å². The van der Waals surface area contributed by atoms with Gasteiger partial charge in [0.15, 0.2) is 0 Å². The summed E-state index contributed by atoms with van der Waals surface area (Å²) in [5.74, 6) is -0.0409. The molecular weight excluding hydrogens is 362 g/mol. The Balaban J connectivity index is 1.43. The summed E-state index contributed by atoms with van der Waals surface area (Å²) in [5, 5.41) is 2.94. The first-order chi connectivity index (χ1) is 12.9. The van der Waals surface area contributed by atoms with Gasteiger partial charge in [-0.05, 0) is 48.9 Å². The Hall–Kier alpha value is -1.44. The summed E-state index contributed by atoms with van der Waals surface area (Å²) in [6.45, 7) is 4.33. The quantitative estimate of drug-likeness (QED) is 0.845. The predicted octanol–water partition coefficient (Wildman–Crippen LogP) is 1.54. The molecule has 2 fully saturated rings. The number of piperazine rings is 1. The minimum absolute atomic E-state index is 0.0409. The summed E-state index contributed by atoms with van der Waals surface area (Å²) in [6, 6.07) is 6.19. The van der Waals surface area contributed by atoms with Crippen LogP contribution in [0, 0.1) is 0 Å². The zero-order valence-corrected chi connectivity index (χ0v) is 16.8. The number of benzene rings is 1. The van der Waals surface area contributed by atoms with E-state index in [4.69, 9.17) is 0 Å². The topological polar surface area (TPSA) is 69.7 Å². The van der Waals surface area contributed by atoms with Crippen LogP contribution in [0.4, 0.5) is 0 Å². The molecule has 1 saturated heterocycles. The van der Waals surface area contributed by atoms with Crippen LogP contribution in [0.1, 0.15) is 43.7 Å². The third-order valence-corrected chi connectivity index (χ3v) is 8.16. The summed E-state index contributed by atoms with van der Waals surface area (Å²) in [6.07, 6.45) is 6.60. The van der Waals surface area contributed by atoms with Crippen molar-refractivity contribution < 1.29 is 13.2 Å². The first kappa shape index (κ1) is 18.9. The largest absolute Gasteiger partial charge is 0.353 e. The molecule has 1 saturated carbocycles. The van der Waals surface area contributed by atoms with Gasteiger partial charge in [0.25, 0.3) is 0 Å². The molecule has 1 atom stereocenters. The molecule has 27 heavy (non-hydrogen) atoms. The Morgan fingerprint density at radius 1 is 1.04 bits per heavy atom. The van der Waals surface area contributed by atoms with Gasteiger partial charge in [-0.3, -0.25) is 9.69 Å². The summed E-state index contributed by atoms with van der Waals surface area (Å²) >= 11 is 0. The van der Waals surface area contributed by atoms with Crippen LogP contribution in [0.25, 0.3) is 0 Å². The van der Waals surface area contributed by atoms with E-state index >= 15 is 0 Å². The van der Waals surface area contributed by atoms with Gasteiger partial charge in [0.2, 0.25) is 15.9 Å². The number of hydrogen-bond donors (Lipinski definition) is 1. The van der Waals surface area contributed by atoms with Gasteiger partial charge in [0.1, 0.15) is 0 Å². The van der Waals surface area contributed by atoms with Crippen LogP contribution < -0.4 is 5.32 Å². The first-order valence-corrected chi connectivity index (χ1v) is 11.5. The number of amides is 1. The third kappa shape index (κ3) is 3.91. The van der Waals surface area contributed by atoms with Crippen molar-refractivity contribution >= 4 is 15.9 Å². The van der Waals surface area contributed by atoms with Crippen LogP contribution in [-0.4, -0.2) is 61.8 Å². The number of hydrogen-bond acceptors (Lipinski definition) is 4. The molecule has 1 heterocycles. The van der Waals surface area contributed by atoms with Gasteiger partial charge in [-0.1, -0.05) is 18.9 Å². The molecule has 0 unspecified atom stereocenters. The normalized spacial score (nSPS) is 24.9. The van der Waals surface area contributed by atoms with E-state index in [1.54, 1.807) is 10.4 Å². The van der Waals surface area contributed by atoms with Crippen molar-refractivity contribution in [3.8, 4) is 0 Å². The average molecular weight is 392 g/mol. The second-order valence-electron chi connectivity index (χ2n) is 8.11. The van der Waals surface area contributed by atoms with Crippen LogP contribution in [0.2, 0.25) is 0 Å². The fourth-order valence-corrected chi connectivity index (χ4v) is 6.35. The second kappa shape index (κ2) is 7.53. The highest BCUT2D eigenvalue weighted by Gasteiger charge is 2.33. The number of sulfonamides is 1. The van der Waals surface area contributed by atoms with Crippen LogP contribution in [0.5, 0.6) is 0 Å². The third-order valence-electron chi connectivity index (χ3n) is 6.27. The van der Waals surface area contributed by atoms with Gasteiger partial charge in [0.05, 0.1) is 4.90 Å². The van der Waals surface area contributed by atoms with E-state index in [-0.39, 0.29) is 11.9 Å². The summed E-state index contributed by atoms with van der Waals surface area (Å²) in [5.41, 5.74) is 2.18. The predicted molar refractivity (Wildman–Crippen MR) is 104 cm³/mol. The Morgan fingerprint density at radius 2 is 1.70 bits per heavy atom. The summed E-state index contributed by atoms with van der Waals surface area (Å²) in [7, 11) is -3.45. The summed E-state index contributed by atoms with van der Waals surface area (Å²) < 4.78 is 27.9. The van der Waals surface area contributed by atoms with Crippen molar-refractivity contribution in [1.82, 2.24) is 14.5 Å². The molecule has 1 aliphatic heterocycles. The lowest BCUT2D eigenvalue weighted by Gasteiger charge is -2.37. The zero-order chi connectivity index (χ0) is 19.0. The molecule has 0 radical (unpaired) electrons. The van der Waals surface area contributed by atoms with Crippen molar-refractivity contribution in [3.05, 3.63) is 29.3 Å². The SMILES string of the molecule is CC(=O)N[C@H]1Cc2ccc(S(=O)(=O)N3CCN(C4CCCC4)CC3)cc2C1. The Labute approximate surface area is 162 Å². The molecule has 1 amide bonds. The molecule has 0 spiro atoms. The van der Waals surface area contributed by atoms with Crippen LogP contribution in [0.3, 0.4) is 0 Å². The zero-order valence-electron chi connectivity index (χ0n) is 16.0. The second-order valence-corrected chi connectivity index (χ2v) is 10.1. The Morgan fingerprint density at radius 3 is 2.37 bits per heavy atom. The lowest BCUT2D eigenvalue weighted by Crippen LogP contribution is -2.51. The van der Waals surface area contributed by atoms with E-state index in [0.29, 0.717) is 30.4 Å². The maximum atomic E-state index is 13.1. The maximum absolute atomic E-state index is 13.1. The van der Waals surface area contributed by atoms with Gasteiger partial charge in [-0.15, -0.1) is 0 Å². The number of nitrogens with one attached hydrogen (secondary N) is 1. The van der Waals surface area contributed by atoms with Crippen molar-refractivity contribution in [2.45, 2.75) is 62.4 Å². The molecule has 0 aromatic heterocycles. The Kier molecular flexibility index (Phi) is 5.27. The minimum atomic E-state index is -3.45. The standard InChI is InChI=1S/C20H29N3O3S/c1-15(24)21-18-12-16-6-7-20(14-17(16)13-18)27(25,26)23-10-8-22(9-11-23)19-4-2-3-5-19/h6-7,14,18-19H,2-5,8-13H2,1H3,(H,21,24)/t18-/m0/s1. The molecule has 4 rings (SSSR count). The number of carbonyl (C=O) groups excluding carboxylic acids is 1. The smallest absolute Gasteiger partial charge is 0.243 e. The van der Waals surface area contributed by atoms with Gasteiger partial charge in [-0.2, -0.15) is 4.31 Å². The molecule has 1 N–H and O–H groups in total. The lowest BCUT2D eigenvalue weighted by molar-refractivity contribution is -0.119. The number of carbonyl (C=O) groups is 1. The highest BCUT2D eigenvalue weighted by Crippen LogP contribution is 2.28. The van der Waals surface area contributed by atoms with E-state index in [9.17, 15) is 13.2 Å². The van der Waals surface area contributed by atoms with Gasteiger partial charge in [-0.25, -0.2) is 8.42 Å². The molecular formula is C20H29N3O3S. The van der Waals surface area contributed by atoms with Gasteiger partial charge < -0.3 is 5.32 Å². The van der Waals surface area contributed by atoms with Crippen molar-refractivity contribution in [2.75, 3.05) is 26.2 Å². The molecule has 0 bridgehead atoms. The minimum Gasteiger partial charge on any atom is -0.353 e. The first-order valence-electron chi connectivity index (χ1n) is 10.1. The van der Waals surface area contributed by atoms with E-state index in [0.717, 1.165) is 30.6 Å². The van der Waals surface area contributed by atoms with Crippen LogP contribution in [-0.2, 0) is 27.7 Å². The molecule has 1 aromatic carbocycles. The molecule has 1 aromatic rings. The molecule has 2 aliphatic carbocycles. The summed E-state index contributed by atoms with van der Waals surface area (Å²) in [4.78, 5) is 14.1. The number of nitrogens with zero attached hydrogens (tertiary/aromatic N) is 2. The van der Waals surface area contributed by atoms with Crippen LogP contribution in [0.15, 0.2) is 23.1 Å². The maximum Gasteiger partial charge on any atom is 0.243 e. The Bertz CT molecular complexity index is 810. The number of fused-ring (bicyclic) bond motifs is 1. The highest BCUT2D eigenvalue weighted by molar-refractivity contribution is 7.89.